The molecule has 1 heterocycles. The second-order valence-electron chi connectivity index (χ2n) is 2.39. The summed E-state index contributed by atoms with van der Waals surface area (Å²) in [5.74, 6) is -0.346. The van der Waals surface area contributed by atoms with Gasteiger partial charge in [0, 0.05) is 19.3 Å². The van der Waals surface area contributed by atoms with Gasteiger partial charge in [0.15, 0.2) is 11.6 Å². The molecule has 1 rings (SSSR count). The molecule has 1 aromatic heterocycles. The Bertz CT molecular complexity index is 428. The summed E-state index contributed by atoms with van der Waals surface area (Å²) in [7, 11) is -1.89. The van der Waals surface area contributed by atoms with Crippen LogP contribution in [0.4, 0.5) is 5.82 Å². The summed E-state index contributed by atoms with van der Waals surface area (Å²) in [6.07, 6.45) is 1.60. The zero-order valence-corrected chi connectivity index (χ0v) is 7.74. The predicted molar refractivity (Wildman–Crippen MR) is 46.2 cm³/mol. The number of rotatable bonds is 3. The maximum Gasteiger partial charge on any atom is 0.247 e. The summed E-state index contributed by atoms with van der Waals surface area (Å²) < 4.78 is 25.7. The van der Waals surface area contributed by atoms with Crippen molar-refractivity contribution in [3.05, 3.63) is 12.3 Å². The van der Waals surface area contributed by atoms with Gasteiger partial charge in [-0.15, -0.1) is 0 Å². The monoisotopic (exact) mass is 200 g/mol. The topological polar surface area (TPSA) is 87.8 Å². The Hall–Kier alpha value is -1.55. The van der Waals surface area contributed by atoms with Gasteiger partial charge >= 0.3 is 0 Å². The van der Waals surface area contributed by atoms with Gasteiger partial charge in [-0.2, -0.15) is 10.4 Å². The first-order valence-corrected chi connectivity index (χ1v) is 5.06. The maximum atomic E-state index is 11.0. The van der Waals surface area contributed by atoms with Gasteiger partial charge in [0.1, 0.15) is 0 Å². The molecule has 0 saturated carbocycles. The van der Waals surface area contributed by atoms with Gasteiger partial charge in [-0.1, -0.05) is 0 Å². The van der Waals surface area contributed by atoms with Gasteiger partial charge in [-0.05, 0) is 0 Å². The standard InChI is InChI=1S/C6H8N4O2S/c1-10-4-2-6(8-10)9-13(11,12)5-3-7/h2,4H,5H2,1H3,(H,8,9). The zero-order valence-electron chi connectivity index (χ0n) is 6.93. The fraction of sp³-hybridized carbons (Fsp3) is 0.333. The first-order chi connectivity index (χ1) is 6.03. The van der Waals surface area contributed by atoms with Crippen molar-refractivity contribution in [2.45, 2.75) is 0 Å². The van der Waals surface area contributed by atoms with Crippen molar-refractivity contribution in [1.82, 2.24) is 9.78 Å². The van der Waals surface area contributed by atoms with Crippen molar-refractivity contribution in [3.63, 3.8) is 0 Å². The van der Waals surface area contributed by atoms with E-state index in [0.717, 1.165) is 0 Å². The van der Waals surface area contributed by atoms with Crippen LogP contribution in [0.2, 0.25) is 0 Å². The number of nitrogens with zero attached hydrogens (tertiary/aromatic N) is 3. The van der Waals surface area contributed by atoms with Crippen LogP contribution in [-0.2, 0) is 17.1 Å². The van der Waals surface area contributed by atoms with E-state index in [1.807, 2.05) is 0 Å². The highest BCUT2D eigenvalue weighted by Crippen LogP contribution is 2.03. The van der Waals surface area contributed by atoms with E-state index in [0.29, 0.717) is 0 Å². The second-order valence-corrected chi connectivity index (χ2v) is 4.12. The Morgan fingerprint density at radius 1 is 1.77 bits per heavy atom. The maximum absolute atomic E-state index is 11.0. The summed E-state index contributed by atoms with van der Waals surface area (Å²) in [6.45, 7) is 0. The molecule has 0 atom stereocenters. The van der Waals surface area contributed by atoms with Gasteiger partial charge in [-0.3, -0.25) is 9.40 Å². The number of nitrogens with one attached hydrogen (secondary N) is 1. The second kappa shape index (κ2) is 3.45. The van der Waals surface area contributed by atoms with Crippen LogP contribution in [-0.4, -0.2) is 24.0 Å². The summed E-state index contributed by atoms with van der Waals surface area (Å²) >= 11 is 0. The van der Waals surface area contributed by atoms with Gasteiger partial charge in [0.25, 0.3) is 0 Å². The third kappa shape index (κ3) is 2.76. The highest BCUT2D eigenvalue weighted by Gasteiger charge is 2.10. The van der Waals surface area contributed by atoms with Crippen LogP contribution in [0.25, 0.3) is 0 Å². The van der Waals surface area contributed by atoms with Gasteiger partial charge in [0.2, 0.25) is 10.0 Å². The summed E-state index contributed by atoms with van der Waals surface area (Å²) in [4.78, 5) is 0. The molecule has 0 unspecified atom stereocenters. The van der Waals surface area contributed by atoms with Gasteiger partial charge in [0.05, 0.1) is 6.07 Å². The summed E-state index contributed by atoms with van der Waals surface area (Å²) in [6, 6.07) is 3.06. The first kappa shape index (κ1) is 9.54. The third-order valence-electron chi connectivity index (χ3n) is 1.23. The molecule has 13 heavy (non-hydrogen) atoms. The zero-order chi connectivity index (χ0) is 9.90. The molecular weight excluding hydrogens is 192 g/mol. The van der Waals surface area contributed by atoms with Crippen LogP contribution < -0.4 is 4.72 Å². The molecule has 0 saturated heterocycles. The molecule has 0 spiro atoms. The van der Waals surface area contributed by atoms with Gasteiger partial charge in [-0.25, -0.2) is 8.42 Å². The molecular formula is C6H8N4O2S. The predicted octanol–water partition coefficient (Wildman–Crippen LogP) is -0.315. The number of sulfonamides is 1. The Labute approximate surface area is 75.8 Å². The van der Waals surface area contributed by atoms with Gasteiger partial charge < -0.3 is 0 Å². The van der Waals surface area contributed by atoms with Crippen LogP contribution in [0, 0.1) is 11.3 Å². The van der Waals surface area contributed by atoms with Crippen LogP contribution in [0.3, 0.4) is 0 Å². The van der Waals surface area contributed by atoms with E-state index >= 15 is 0 Å². The molecule has 0 fully saturated rings. The van der Waals surface area contributed by atoms with E-state index in [4.69, 9.17) is 5.26 Å². The number of nitriles is 1. The number of hydrogen-bond donors (Lipinski definition) is 1. The Morgan fingerprint density at radius 2 is 2.46 bits per heavy atom. The minimum absolute atomic E-state index is 0.220. The van der Waals surface area contributed by atoms with Crippen molar-refractivity contribution in [3.8, 4) is 6.07 Å². The molecule has 70 valence electrons. The minimum Gasteiger partial charge on any atom is -0.274 e. The normalized spacial score (nSPS) is 10.8. The number of aromatic nitrogens is 2. The van der Waals surface area contributed by atoms with E-state index in [1.54, 1.807) is 19.3 Å². The fourth-order valence-corrected chi connectivity index (χ4v) is 1.42. The molecule has 0 aliphatic rings. The van der Waals surface area contributed by atoms with Crippen LogP contribution in [0.15, 0.2) is 12.3 Å². The number of hydrogen-bond acceptors (Lipinski definition) is 4. The quantitative estimate of drug-likeness (QED) is 0.724. The number of anilines is 1. The van der Waals surface area contributed by atoms with Crippen molar-refractivity contribution >= 4 is 15.8 Å². The lowest BCUT2D eigenvalue weighted by molar-refractivity contribution is 0.604. The van der Waals surface area contributed by atoms with E-state index in [9.17, 15) is 8.42 Å². The molecule has 0 aliphatic carbocycles. The lowest BCUT2D eigenvalue weighted by atomic mass is 10.7. The molecule has 0 aromatic carbocycles. The SMILES string of the molecule is Cn1ccc(NS(=O)(=O)CC#N)n1. The smallest absolute Gasteiger partial charge is 0.247 e. The Kier molecular flexibility index (Phi) is 2.53. The van der Waals surface area contributed by atoms with Crippen molar-refractivity contribution in [2.24, 2.45) is 7.05 Å². The average Bonchev–Trinajstić information content (AvgIpc) is 2.34. The molecule has 7 heteroatoms. The van der Waals surface area contributed by atoms with Crippen molar-refractivity contribution in [1.29, 1.82) is 5.26 Å². The third-order valence-corrected chi connectivity index (χ3v) is 2.26. The minimum atomic E-state index is -3.56. The summed E-state index contributed by atoms with van der Waals surface area (Å²) in [5, 5.41) is 12.0. The van der Waals surface area contributed by atoms with Crippen molar-refractivity contribution < 1.29 is 8.42 Å². The molecule has 1 N–H and O–H groups in total. The Morgan fingerprint density at radius 3 is 2.92 bits per heavy atom. The highest BCUT2D eigenvalue weighted by molar-refractivity contribution is 7.92. The number of aryl methyl sites for hydroxylation is 1. The van der Waals surface area contributed by atoms with E-state index in [1.165, 1.54) is 10.7 Å². The van der Waals surface area contributed by atoms with Crippen LogP contribution >= 0.6 is 0 Å². The Balaban J connectivity index is 2.76. The average molecular weight is 200 g/mol. The first-order valence-electron chi connectivity index (χ1n) is 3.40. The molecule has 0 aliphatic heterocycles. The lowest BCUT2D eigenvalue weighted by Gasteiger charge is -1.99. The molecule has 6 nitrogen and oxygen atoms in total. The fourth-order valence-electron chi connectivity index (χ4n) is 0.750. The van der Waals surface area contributed by atoms with Crippen molar-refractivity contribution in [2.75, 3.05) is 10.5 Å². The lowest BCUT2D eigenvalue weighted by Crippen LogP contribution is -2.15. The molecule has 0 radical (unpaired) electrons. The van der Waals surface area contributed by atoms with E-state index in [-0.39, 0.29) is 5.82 Å². The van der Waals surface area contributed by atoms with E-state index < -0.39 is 15.8 Å². The van der Waals surface area contributed by atoms with Crippen LogP contribution in [0.1, 0.15) is 0 Å². The highest BCUT2D eigenvalue weighted by atomic mass is 32.2. The van der Waals surface area contributed by atoms with Crippen LogP contribution in [0.5, 0.6) is 0 Å². The summed E-state index contributed by atoms with van der Waals surface area (Å²) in [5.41, 5.74) is 0. The van der Waals surface area contributed by atoms with E-state index in [2.05, 4.69) is 9.82 Å². The molecule has 0 bridgehead atoms. The molecule has 1 aromatic rings. The molecule has 0 amide bonds. The largest absolute Gasteiger partial charge is 0.274 e.